The van der Waals surface area contributed by atoms with Crippen molar-refractivity contribution in [1.29, 1.82) is 0 Å². The van der Waals surface area contributed by atoms with Gasteiger partial charge in [-0.2, -0.15) is 0 Å². The second-order valence-electron chi connectivity index (χ2n) is 1.59. The van der Waals surface area contributed by atoms with Crippen molar-refractivity contribution in [1.82, 2.24) is 0 Å². The summed E-state index contributed by atoms with van der Waals surface area (Å²) in [6, 6.07) is 0. The molecule has 0 spiro atoms. The zero-order valence-corrected chi connectivity index (χ0v) is 7.23. The third kappa shape index (κ3) is 1.16. The quantitative estimate of drug-likeness (QED) is 0.703. The van der Waals surface area contributed by atoms with Crippen LogP contribution in [0.3, 0.4) is 0 Å². The van der Waals surface area contributed by atoms with Crippen LogP contribution in [-0.4, -0.2) is 9.00 Å². The molecule has 1 N–H and O–H groups in total. The first-order valence-corrected chi connectivity index (χ1v) is 3.87. The van der Waals surface area contributed by atoms with Crippen molar-refractivity contribution in [2.45, 2.75) is 6.42 Å². The van der Waals surface area contributed by atoms with Gasteiger partial charge in [0, 0.05) is 0 Å². The van der Waals surface area contributed by atoms with Gasteiger partial charge in [-0.3, -0.25) is 0 Å². The van der Waals surface area contributed by atoms with Crippen molar-refractivity contribution in [2.75, 3.05) is 0 Å². The van der Waals surface area contributed by atoms with E-state index in [-0.39, 0.29) is 0 Å². The molecule has 0 unspecified atom stereocenters. The van der Waals surface area contributed by atoms with E-state index in [2.05, 4.69) is 0 Å². The molecular formula is C6H6OW. The summed E-state index contributed by atoms with van der Waals surface area (Å²) < 4.78 is 1.04. The Labute approximate surface area is 59.1 Å². The van der Waals surface area contributed by atoms with Crippen LogP contribution in [0.2, 0.25) is 0 Å². The molecule has 0 aromatic rings. The van der Waals surface area contributed by atoms with Crippen LogP contribution in [0.15, 0.2) is 24.0 Å². The number of hydrogen-bond acceptors (Lipinski definition) is 1. The first kappa shape index (κ1) is 5.97. The number of aliphatic hydroxyl groups is 1. The second-order valence-corrected chi connectivity index (χ2v) is 3.17. The average Bonchev–Trinajstić information content (AvgIpc) is 1.77. The third-order valence-corrected chi connectivity index (χ3v) is 2.21. The summed E-state index contributed by atoms with van der Waals surface area (Å²) in [7, 11) is 0. The van der Waals surface area contributed by atoms with Gasteiger partial charge in [0.2, 0.25) is 0 Å². The van der Waals surface area contributed by atoms with E-state index in [0.29, 0.717) is 5.76 Å². The van der Waals surface area contributed by atoms with Gasteiger partial charge in [0.15, 0.2) is 0 Å². The van der Waals surface area contributed by atoms with Gasteiger partial charge in [0.25, 0.3) is 0 Å². The van der Waals surface area contributed by atoms with Crippen molar-refractivity contribution in [3.8, 4) is 0 Å². The van der Waals surface area contributed by atoms with Crippen LogP contribution in [0.1, 0.15) is 6.42 Å². The van der Waals surface area contributed by atoms with Crippen LogP contribution in [0, 0.1) is 0 Å². The Balaban J connectivity index is 2.78. The molecule has 0 fully saturated rings. The van der Waals surface area contributed by atoms with E-state index in [1.165, 1.54) is 19.4 Å². The Morgan fingerprint density at radius 2 is 2.38 bits per heavy atom. The molecule has 1 aliphatic rings. The van der Waals surface area contributed by atoms with E-state index in [1.54, 1.807) is 0 Å². The van der Waals surface area contributed by atoms with Gasteiger partial charge in [-0.15, -0.1) is 0 Å². The first-order valence-electron chi connectivity index (χ1n) is 2.40. The summed E-state index contributed by atoms with van der Waals surface area (Å²) in [5.74, 6) is 0.461. The fraction of sp³-hybridized carbons (Fsp3) is 0.167. The SMILES string of the molecule is OC1=CCC=C[C]1=[W]. The Morgan fingerprint density at radius 1 is 1.62 bits per heavy atom. The molecule has 0 saturated heterocycles. The molecule has 1 nitrogen and oxygen atoms in total. The van der Waals surface area contributed by atoms with E-state index in [9.17, 15) is 0 Å². The van der Waals surface area contributed by atoms with E-state index < -0.39 is 0 Å². The maximum atomic E-state index is 8.97. The minimum absolute atomic E-state index is 0.461. The van der Waals surface area contributed by atoms with Gasteiger partial charge in [-0.25, -0.2) is 0 Å². The zero-order chi connectivity index (χ0) is 5.98. The maximum absolute atomic E-state index is 8.97. The summed E-state index contributed by atoms with van der Waals surface area (Å²) in [5, 5.41) is 8.97. The van der Waals surface area contributed by atoms with Gasteiger partial charge in [-0.05, 0) is 0 Å². The molecule has 1 rings (SSSR count). The fourth-order valence-electron chi connectivity index (χ4n) is 0.541. The molecule has 1 aliphatic carbocycles. The first-order chi connectivity index (χ1) is 3.80. The topological polar surface area (TPSA) is 20.2 Å². The number of allylic oxidation sites excluding steroid dienone is 3. The molecule has 0 heterocycles. The van der Waals surface area contributed by atoms with Crippen molar-refractivity contribution >= 4 is 3.90 Å². The summed E-state index contributed by atoms with van der Waals surface area (Å²) in [6.45, 7) is 0. The van der Waals surface area contributed by atoms with Crippen molar-refractivity contribution in [2.24, 2.45) is 0 Å². The summed E-state index contributed by atoms with van der Waals surface area (Å²) >= 11 is 1.32. The van der Waals surface area contributed by atoms with Crippen LogP contribution < -0.4 is 0 Å². The van der Waals surface area contributed by atoms with E-state index in [1.807, 2.05) is 18.2 Å². The van der Waals surface area contributed by atoms with Gasteiger partial charge in [-0.1, -0.05) is 0 Å². The Bertz CT molecular complexity index is 167. The molecule has 42 valence electrons. The molecule has 0 aromatic carbocycles. The Morgan fingerprint density at radius 3 is 2.75 bits per heavy atom. The molecule has 0 aliphatic heterocycles. The van der Waals surface area contributed by atoms with Crippen molar-refractivity contribution < 1.29 is 24.5 Å². The molecule has 0 radical (unpaired) electrons. The molecule has 0 aromatic heterocycles. The van der Waals surface area contributed by atoms with Gasteiger partial charge in [0.05, 0.1) is 0 Å². The Hall–Kier alpha value is -0.162. The normalized spacial score (nSPS) is 18.5. The summed E-state index contributed by atoms with van der Waals surface area (Å²) in [5.41, 5.74) is 0. The van der Waals surface area contributed by atoms with Crippen LogP contribution in [0.5, 0.6) is 0 Å². The predicted octanol–water partition coefficient (Wildman–Crippen LogP) is 1.11. The summed E-state index contributed by atoms with van der Waals surface area (Å²) in [4.78, 5) is 0. The van der Waals surface area contributed by atoms with Gasteiger partial charge in [0.1, 0.15) is 0 Å². The fourth-order valence-corrected chi connectivity index (χ4v) is 1.19. The van der Waals surface area contributed by atoms with Gasteiger partial charge < -0.3 is 0 Å². The van der Waals surface area contributed by atoms with E-state index in [0.717, 1.165) is 10.3 Å². The van der Waals surface area contributed by atoms with Crippen LogP contribution in [-0.2, 0) is 19.4 Å². The number of rotatable bonds is 0. The van der Waals surface area contributed by atoms with E-state index >= 15 is 0 Å². The van der Waals surface area contributed by atoms with Crippen LogP contribution in [0.25, 0.3) is 0 Å². The molecule has 0 amide bonds. The number of hydrogen-bond donors (Lipinski definition) is 1. The minimum atomic E-state index is 0.461. The molecule has 0 bridgehead atoms. The van der Waals surface area contributed by atoms with Gasteiger partial charge >= 0.3 is 58.8 Å². The standard InChI is InChI=1S/C6H6O.W/c7-6-4-2-1-3-5-6;/h1-2,5,7H,3H2;. The Kier molecular flexibility index (Phi) is 1.80. The summed E-state index contributed by atoms with van der Waals surface area (Å²) in [6.07, 6.45) is 6.71. The third-order valence-electron chi connectivity index (χ3n) is 0.969. The van der Waals surface area contributed by atoms with Crippen LogP contribution >= 0.6 is 0 Å². The van der Waals surface area contributed by atoms with Crippen molar-refractivity contribution in [3.05, 3.63) is 24.0 Å². The van der Waals surface area contributed by atoms with E-state index in [4.69, 9.17) is 5.11 Å². The number of aliphatic hydroxyl groups excluding tert-OH is 1. The molecule has 2 heteroatoms. The average molecular weight is 278 g/mol. The van der Waals surface area contributed by atoms with Crippen molar-refractivity contribution in [3.63, 3.8) is 0 Å². The molecule has 8 heavy (non-hydrogen) atoms. The van der Waals surface area contributed by atoms with Crippen LogP contribution in [0.4, 0.5) is 0 Å². The molecule has 0 saturated carbocycles. The second kappa shape index (κ2) is 2.41. The monoisotopic (exact) mass is 278 g/mol. The predicted molar refractivity (Wildman–Crippen MR) is 29.5 cm³/mol. The zero-order valence-electron chi connectivity index (χ0n) is 4.29. The molecular weight excluding hydrogens is 272 g/mol. The molecule has 0 atom stereocenters.